The van der Waals surface area contributed by atoms with Crippen molar-refractivity contribution in [3.8, 4) is 0 Å². The first-order chi connectivity index (χ1) is 8.99. The van der Waals surface area contributed by atoms with Crippen molar-refractivity contribution in [3.05, 3.63) is 48.2 Å². The molecule has 2 rings (SSSR count). The zero-order valence-electron chi connectivity index (χ0n) is 11.6. The van der Waals surface area contributed by atoms with Crippen LogP contribution in [-0.4, -0.2) is 18.1 Å². The molecule has 0 unspecified atom stereocenters. The van der Waals surface area contributed by atoms with Gasteiger partial charge in [-0.3, -0.25) is 4.79 Å². The van der Waals surface area contributed by atoms with Gasteiger partial charge in [0.15, 0.2) is 0 Å². The molecule has 0 fully saturated rings. The predicted molar refractivity (Wildman–Crippen MR) is 77.2 cm³/mol. The Morgan fingerprint density at radius 2 is 2.11 bits per heavy atom. The molecule has 100 valence electrons. The Morgan fingerprint density at radius 1 is 1.42 bits per heavy atom. The largest absolute Gasteiger partial charge is 0.469 e. The maximum Gasteiger partial charge on any atom is 0.310 e. The smallest absolute Gasteiger partial charge is 0.310 e. The Balaban J connectivity index is 2.65. The lowest BCUT2D eigenvalue weighted by Crippen LogP contribution is -2.17. The van der Waals surface area contributed by atoms with Crippen molar-refractivity contribution in [1.82, 2.24) is 4.98 Å². The Labute approximate surface area is 113 Å². The minimum absolute atomic E-state index is 0.220. The van der Waals surface area contributed by atoms with E-state index in [1.54, 1.807) is 0 Å². The molecule has 1 heterocycles. The maximum atomic E-state index is 11.6. The Kier molecular flexibility index (Phi) is 3.47. The van der Waals surface area contributed by atoms with Crippen LogP contribution in [0.15, 0.2) is 36.9 Å². The molecule has 0 saturated heterocycles. The third kappa shape index (κ3) is 2.41. The highest BCUT2D eigenvalue weighted by Gasteiger charge is 2.25. The summed E-state index contributed by atoms with van der Waals surface area (Å²) in [5.41, 5.74) is 2.83. The number of nitrogens with one attached hydrogen (secondary N) is 1. The minimum Gasteiger partial charge on any atom is -0.469 e. The number of para-hydroxylation sites is 1. The summed E-state index contributed by atoms with van der Waals surface area (Å²) >= 11 is 0. The van der Waals surface area contributed by atoms with Gasteiger partial charge >= 0.3 is 5.97 Å². The van der Waals surface area contributed by atoms with Gasteiger partial charge in [0.2, 0.25) is 0 Å². The number of benzene rings is 1. The van der Waals surface area contributed by atoms with Crippen LogP contribution in [0, 0.1) is 0 Å². The van der Waals surface area contributed by atoms with E-state index in [0.29, 0.717) is 0 Å². The third-order valence-corrected chi connectivity index (χ3v) is 3.52. The summed E-state index contributed by atoms with van der Waals surface area (Å²) in [5.74, 6) is -0.231. The van der Waals surface area contributed by atoms with Gasteiger partial charge < -0.3 is 9.72 Å². The van der Waals surface area contributed by atoms with E-state index in [-0.39, 0.29) is 17.8 Å². The number of rotatable bonds is 4. The van der Waals surface area contributed by atoms with Crippen molar-refractivity contribution < 1.29 is 9.53 Å². The van der Waals surface area contributed by atoms with Crippen molar-refractivity contribution in [2.75, 3.05) is 7.11 Å². The molecule has 0 aliphatic heterocycles. The molecule has 3 nitrogen and oxygen atoms in total. The summed E-state index contributed by atoms with van der Waals surface area (Å²) in [6.07, 6.45) is 2.16. The number of allylic oxidation sites excluding steroid dienone is 1. The molecule has 0 radical (unpaired) electrons. The zero-order valence-corrected chi connectivity index (χ0v) is 11.6. The summed E-state index contributed by atoms with van der Waals surface area (Å²) in [4.78, 5) is 15.0. The van der Waals surface area contributed by atoms with Gasteiger partial charge in [0.25, 0.3) is 0 Å². The first-order valence-corrected chi connectivity index (χ1v) is 6.30. The molecule has 1 aromatic heterocycles. The zero-order chi connectivity index (χ0) is 14.0. The van der Waals surface area contributed by atoms with Crippen molar-refractivity contribution in [1.29, 1.82) is 0 Å². The van der Waals surface area contributed by atoms with Gasteiger partial charge in [-0.25, -0.2) is 0 Å². The van der Waals surface area contributed by atoms with E-state index < -0.39 is 0 Å². The SMILES string of the molecule is C=CC(C)(C)c1[nH]c2ccccc2c1CC(=O)OC. The Bertz CT molecular complexity index is 623. The number of fused-ring (bicyclic) bond motifs is 1. The van der Waals surface area contributed by atoms with E-state index in [1.165, 1.54) is 7.11 Å². The number of hydrogen-bond acceptors (Lipinski definition) is 2. The van der Waals surface area contributed by atoms with Crippen molar-refractivity contribution >= 4 is 16.9 Å². The molecular formula is C16H19NO2. The molecule has 2 aromatic rings. The van der Waals surface area contributed by atoms with E-state index in [2.05, 4.69) is 25.4 Å². The van der Waals surface area contributed by atoms with Gasteiger partial charge in [-0.15, -0.1) is 6.58 Å². The lowest BCUT2D eigenvalue weighted by Gasteiger charge is -2.20. The molecule has 0 aliphatic rings. The topological polar surface area (TPSA) is 42.1 Å². The molecule has 1 aromatic carbocycles. The quantitative estimate of drug-likeness (QED) is 0.674. The van der Waals surface area contributed by atoms with Gasteiger partial charge in [0.1, 0.15) is 0 Å². The van der Waals surface area contributed by atoms with Crippen LogP contribution >= 0.6 is 0 Å². The number of ether oxygens (including phenoxy) is 1. The number of hydrogen-bond donors (Lipinski definition) is 1. The molecule has 19 heavy (non-hydrogen) atoms. The lowest BCUT2D eigenvalue weighted by atomic mass is 9.86. The minimum atomic E-state index is -0.231. The normalized spacial score (nSPS) is 11.5. The van der Waals surface area contributed by atoms with Crippen LogP contribution in [0.1, 0.15) is 25.1 Å². The van der Waals surface area contributed by atoms with E-state index in [9.17, 15) is 4.79 Å². The predicted octanol–water partition coefficient (Wildman–Crippen LogP) is 3.35. The van der Waals surface area contributed by atoms with Crippen LogP contribution in [0.25, 0.3) is 10.9 Å². The van der Waals surface area contributed by atoms with Gasteiger partial charge in [-0.05, 0) is 11.6 Å². The molecule has 0 amide bonds. The van der Waals surface area contributed by atoms with Gasteiger partial charge in [0.05, 0.1) is 13.5 Å². The fourth-order valence-electron chi connectivity index (χ4n) is 2.25. The van der Waals surface area contributed by atoms with Crippen LogP contribution in [-0.2, 0) is 21.4 Å². The molecule has 0 atom stereocenters. The monoisotopic (exact) mass is 257 g/mol. The molecule has 0 bridgehead atoms. The van der Waals surface area contributed by atoms with Crippen LogP contribution in [0.4, 0.5) is 0 Å². The van der Waals surface area contributed by atoms with E-state index in [4.69, 9.17) is 4.74 Å². The van der Waals surface area contributed by atoms with Gasteiger partial charge in [-0.1, -0.05) is 38.1 Å². The molecule has 3 heteroatoms. The number of methoxy groups -OCH3 is 1. The number of esters is 1. The average Bonchev–Trinajstić information content (AvgIpc) is 2.78. The summed E-state index contributed by atoms with van der Waals surface area (Å²) < 4.78 is 4.80. The van der Waals surface area contributed by atoms with Crippen LogP contribution in [0.5, 0.6) is 0 Å². The van der Waals surface area contributed by atoms with Crippen LogP contribution in [0.3, 0.4) is 0 Å². The van der Waals surface area contributed by atoms with Crippen molar-refractivity contribution in [2.45, 2.75) is 25.7 Å². The molecule has 0 aliphatic carbocycles. The average molecular weight is 257 g/mol. The second kappa shape index (κ2) is 4.92. The molecule has 1 N–H and O–H groups in total. The Hall–Kier alpha value is -2.03. The van der Waals surface area contributed by atoms with E-state index in [1.807, 2.05) is 30.3 Å². The molecule has 0 saturated carbocycles. The van der Waals surface area contributed by atoms with E-state index >= 15 is 0 Å². The highest BCUT2D eigenvalue weighted by molar-refractivity contribution is 5.89. The first-order valence-electron chi connectivity index (χ1n) is 6.30. The molecule has 0 spiro atoms. The number of aromatic amines is 1. The fourth-order valence-corrected chi connectivity index (χ4v) is 2.25. The van der Waals surface area contributed by atoms with Gasteiger partial charge in [0, 0.05) is 22.0 Å². The lowest BCUT2D eigenvalue weighted by molar-refractivity contribution is -0.139. The summed E-state index contributed by atoms with van der Waals surface area (Å²) in [6, 6.07) is 7.98. The summed E-state index contributed by atoms with van der Waals surface area (Å²) in [5, 5.41) is 1.07. The number of carbonyl (C=O) groups excluding carboxylic acids is 1. The number of aromatic nitrogens is 1. The summed E-state index contributed by atoms with van der Waals surface area (Å²) in [7, 11) is 1.41. The third-order valence-electron chi connectivity index (χ3n) is 3.52. The summed E-state index contributed by atoms with van der Waals surface area (Å²) in [6.45, 7) is 8.03. The highest BCUT2D eigenvalue weighted by atomic mass is 16.5. The highest BCUT2D eigenvalue weighted by Crippen LogP contribution is 2.32. The first kappa shape index (κ1) is 13.4. The van der Waals surface area contributed by atoms with Crippen LogP contribution in [0.2, 0.25) is 0 Å². The Morgan fingerprint density at radius 3 is 2.74 bits per heavy atom. The van der Waals surface area contributed by atoms with Crippen molar-refractivity contribution in [3.63, 3.8) is 0 Å². The van der Waals surface area contributed by atoms with Crippen molar-refractivity contribution in [2.24, 2.45) is 0 Å². The van der Waals surface area contributed by atoms with Crippen LogP contribution < -0.4 is 0 Å². The van der Waals surface area contributed by atoms with Gasteiger partial charge in [-0.2, -0.15) is 0 Å². The fraction of sp³-hybridized carbons (Fsp3) is 0.312. The number of carbonyl (C=O) groups is 1. The standard InChI is InChI=1S/C16H19NO2/c1-5-16(2,3)15-12(10-14(18)19-4)11-8-6-7-9-13(11)17-15/h5-9,17H,1,10H2,2-4H3. The molecular weight excluding hydrogens is 238 g/mol. The second-order valence-electron chi connectivity index (χ2n) is 5.20. The maximum absolute atomic E-state index is 11.6. The number of H-pyrrole nitrogens is 1. The second-order valence-corrected chi connectivity index (χ2v) is 5.20. The van der Waals surface area contributed by atoms with E-state index in [0.717, 1.165) is 22.2 Å².